The van der Waals surface area contributed by atoms with Gasteiger partial charge >= 0.3 is 0 Å². The zero-order valence-electron chi connectivity index (χ0n) is 10.3. The topological polar surface area (TPSA) is 30.2 Å². The summed E-state index contributed by atoms with van der Waals surface area (Å²) in [4.78, 5) is 12.3. The second-order valence-electron chi connectivity index (χ2n) is 4.39. The fourth-order valence-corrected chi connectivity index (χ4v) is 2.13. The van der Waals surface area contributed by atoms with E-state index in [1.165, 1.54) is 12.1 Å². The van der Waals surface area contributed by atoms with Crippen molar-refractivity contribution in [1.29, 1.82) is 0 Å². The van der Waals surface area contributed by atoms with E-state index < -0.39 is 0 Å². The molecule has 0 unspecified atom stereocenters. The Morgan fingerprint density at radius 2 is 1.84 bits per heavy atom. The first kappa shape index (κ1) is 11.7. The molecule has 0 fully saturated rings. The van der Waals surface area contributed by atoms with E-state index in [1.54, 1.807) is 37.3 Å². The molecule has 0 N–H and O–H groups in total. The molecule has 0 spiro atoms. The molecule has 3 heteroatoms. The van der Waals surface area contributed by atoms with Crippen LogP contribution in [0.5, 0.6) is 0 Å². The molecule has 0 saturated heterocycles. The maximum atomic E-state index is 13.2. The Hall–Kier alpha value is -2.42. The Morgan fingerprint density at radius 3 is 2.58 bits per heavy atom. The highest BCUT2D eigenvalue weighted by Crippen LogP contribution is 2.27. The quantitative estimate of drug-likeness (QED) is 0.644. The van der Waals surface area contributed by atoms with E-state index in [0.717, 1.165) is 0 Å². The van der Waals surface area contributed by atoms with Crippen LogP contribution in [0, 0.1) is 12.7 Å². The molecular formula is C16H11FO2. The Kier molecular flexibility index (Phi) is 2.67. The lowest BCUT2D eigenvalue weighted by atomic mass is 10.0. The molecule has 1 aromatic heterocycles. The fourth-order valence-electron chi connectivity index (χ4n) is 2.13. The standard InChI is InChI=1S/C16H11FO2/c1-10-13-9-12(17)7-8-14(13)19-16(10)15(18)11-5-3-2-4-6-11/h2-9H,1H3. The third-order valence-corrected chi connectivity index (χ3v) is 3.14. The number of carbonyl (C=O) groups excluding carboxylic acids is 1. The fraction of sp³-hybridized carbons (Fsp3) is 0.0625. The summed E-state index contributed by atoms with van der Waals surface area (Å²) in [5.41, 5.74) is 1.76. The lowest BCUT2D eigenvalue weighted by molar-refractivity contribution is 0.101. The molecule has 0 aliphatic heterocycles. The summed E-state index contributed by atoms with van der Waals surface area (Å²) in [5, 5.41) is 0.638. The summed E-state index contributed by atoms with van der Waals surface area (Å²) in [6.45, 7) is 1.77. The highest BCUT2D eigenvalue weighted by molar-refractivity contribution is 6.10. The van der Waals surface area contributed by atoms with Gasteiger partial charge in [0.15, 0.2) is 5.76 Å². The molecule has 0 radical (unpaired) electrons. The number of furan rings is 1. The minimum atomic E-state index is -0.338. The van der Waals surface area contributed by atoms with Crippen LogP contribution >= 0.6 is 0 Å². The Balaban J connectivity index is 2.16. The molecule has 2 aromatic carbocycles. The summed E-state index contributed by atoms with van der Waals surface area (Å²) in [6, 6.07) is 13.1. The SMILES string of the molecule is Cc1c(C(=O)c2ccccc2)oc2ccc(F)cc12. The Morgan fingerprint density at radius 1 is 1.11 bits per heavy atom. The number of carbonyl (C=O) groups is 1. The van der Waals surface area contributed by atoms with Crippen molar-refractivity contribution >= 4 is 16.8 Å². The number of benzene rings is 2. The molecule has 19 heavy (non-hydrogen) atoms. The number of halogens is 1. The number of ketones is 1. The van der Waals surface area contributed by atoms with Crippen molar-refractivity contribution in [3.8, 4) is 0 Å². The van der Waals surface area contributed by atoms with Crippen LogP contribution in [0.2, 0.25) is 0 Å². The smallest absolute Gasteiger partial charge is 0.228 e. The third-order valence-electron chi connectivity index (χ3n) is 3.14. The number of hydrogen-bond donors (Lipinski definition) is 0. The Bertz CT molecular complexity index is 757. The van der Waals surface area contributed by atoms with Gasteiger partial charge in [-0.15, -0.1) is 0 Å². The van der Waals surface area contributed by atoms with Gasteiger partial charge in [-0.25, -0.2) is 4.39 Å². The summed E-state index contributed by atoms with van der Waals surface area (Å²) < 4.78 is 18.8. The molecule has 0 saturated carbocycles. The number of aryl methyl sites for hydroxylation is 1. The average molecular weight is 254 g/mol. The normalized spacial score (nSPS) is 10.8. The van der Waals surface area contributed by atoms with E-state index in [2.05, 4.69) is 0 Å². The van der Waals surface area contributed by atoms with E-state index in [4.69, 9.17) is 4.42 Å². The van der Waals surface area contributed by atoms with Crippen molar-refractivity contribution in [2.45, 2.75) is 6.92 Å². The van der Waals surface area contributed by atoms with Gasteiger partial charge in [-0.05, 0) is 25.1 Å². The highest BCUT2D eigenvalue weighted by Gasteiger charge is 2.19. The van der Waals surface area contributed by atoms with E-state index in [-0.39, 0.29) is 17.4 Å². The first-order valence-electron chi connectivity index (χ1n) is 5.95. The van der Waals surface area contributed by atoms with Gasteiger partial charge in [-0.2, -0.15) is 0 Å². The molecule has 0 aliphatic rings. The van der Waals surface area contributed by atoms with Gasteiger partial charge < -0.3 is 4.42 Å². The number of rotatable bonds is 2. The van der Waals surface area contributed by atoms with Crippen LogP contribution in [0.4, 0.5) is 4.39 Å². The summed E-state index contributed by atoms with van der Waals surface area (Å²) in [7, 11) is 0. The largest absolute Gasteiger partial charge is 0.452 e. The van der Waals surface area contributed by atoms with Gasteiger partial charge in [-0.1, -0.05) is 30.3 Å². The number of fused-ring (bicyclic) bond motifs is 1. The first-order valence-corrected chi connectivity index (χ1v) is 5.95. The molecular weight excluding hydrogens is 243 g/mol. The van der Waals surface area contributed by atoms with E-state index >= 15 is 0 Å². The predicted molar refractivity (Wildman–Crippen MR) is 70.8 cm³/mol. The molecule has 0 aliphatic carbocycles. The monoisotopic (exact) mass is 254 g/mol. The zero-order valence-corrected chi connectivity index (χ0v) is 10.3. The van der Waals surface area contributed by atoms with Gasteiger partial charge in [-0.3, -0.25) is 4.79 Å². The van der Waals surface area contributed by atoms with E-state index in [1.807, 2.05) is 6.07 Å². The molecule has 1 heterocycles. The molecule has 0 atom stereocenters. The van der Waals surface area contributed by atoms with Gasteiger partial charge in [0.05, 0.1) is 0 Å². The summed E-state index contributed by atoms with van der Waals surface area (Å²) in [5.74, 6) is -0.253. The van der Waals surface area contributed by atoms with Crippen molar-refractivity contribution in [2.75, 3.05) is 0 Å². The minimum Gasteiger partial charge on any atom is -0.452 e. The predicted octanol–water partition coefficient (Wildman–Crippen LogP) is 4.11. The van der Waals surface area contributed by atoms with Crippen LogP contribution in [0.3, 0.4) is 0 Å². The van der Waals surface area contributed by atoms with Gasteiger partial charge in [0, 0.05) is 16.5 Å². The van der Waals surface area contributed by atoms with Crippen molar-refractivity contribution in [3.63, 3.8) is 0 Å². The van der Waals surface area contributed by atoms with Crippen molar-refractivity contribution in [1.82, 2.24) is 0 Å². The van der Waals surface area contributed by atoms with Crippen molar-refractivity contribution in [2.24, 2.45) is 0 Å². The van der Waals surface area contributed by atoms with Crippen LogP contribution in [0.25, 0.3) is 11.0 Å². The van der Waals surface area contributed by atoms with E-state index in [0.29, 0.717) is 22.1 Å². The molecule has 0 amide bonds. The molecule has 2 nitrogen and oxygen atoms in total. The number of hydrogen-bond acceptors (Lipinski definition) is 2. The van der Waals surface area contributed by atoms with Crippen molar-refractivity contribution < 1.29 is 13.6 Å². The third kappa shape index (κ3) is 1.93. The van der Waals surface area contributed by atoms with Crippen molar-refractivity contribution in [3.05, 3.63) is 71.2 Å². The van der Waals surface area contributed by atoms with Gasteiger partial charge in [0.1, 0.15) is 11.4 Å². The minimum absolute atomic E-state index is 0.185. The molecule has 3 rings (SSSR count). The summed E-state index contributed by atoms with van der Waals surface area (Å²) in [6.07, 6.45) is 0. The molecule has 3 aromatic rings. The van der Waals surface area contributed by atoms with E-state index in [9.17, 15) is 9.18 Å². The molecule has 0 bridgehead atoms. The lowest BCUT2D eigenvalue weighted by Gasteiger charge is -1.97. The van der Waals surface area contributed by atoms with Gasteiger partial charge in [0.25, 0.3) is 0 Å². The maximum absolute atomic E-state index is 13.2. The maximum Gasteiger partial charge on any atom is 0.228 e. The van der Waals surface area contributed by atoms with Crippen LogP contribution < -0.4 is 0 Å². The second-order valence-corrected chi connectivity index (χ2v) is 4.39. The lowest BCUT2D eigenvalue weighted by Crippen LogP contribution is -2.00. The average Bonchev–Trinajstić information content (AvgIpc) is 2.76. The molecule has 94 valence electrons. The first-order chi connectivity index (χ1) is 9.16. The van der Waals surface area contributed by atoms with Crippen LogP contribution in [0.1, 0.15) is 21.7 Å². The van der Waals surface area contributed by atoms with Crippen LogP contribution in [-0.2, 0) is 0 Å². The van der Waals surface area contributed by atoms with Gasteiger partial charge in [0.2, 0.25) is 5.78 Å². The zero-order chi connectivity index (χ0) is 13.4. The highest BCUT2D eigenvalue weighted by atomic mass is 19.1. The Labute approximate surface area is 109 Å². The summed E-state index contributed by atoms with van der Waals surface area (Å²) >= 11 is 0. The van der Waals surface area contributed by atoms with Crippen LogP contribution in [-0.4, -0.2) is 5.78 Å². The second kappa shape index (κ2) is 4.35. The van der Waals surface area contributed by atoms with Crippen LogP contribution in [0.15, 0.2) is 52.9 Å².